The van der Waals surface area contributed by atoms with Gasteiger partial charge in [-0.15, -0.1) is 0 Å². The quantitative estimate of drug-likeness (QED) is 0.511. The minimum Gasteiger partial charge on any atom is -0.466 e. The standard InChI is InChI=1S/C9H15ClO3/c1-4-13-8(12)9(2,3)6-5-7(10)11/h4-6H2,1-3H3. The second-order valence-corrected chi connectivity index (χ2v) is 3.88. The first-order chi connectivity index (χ1) is 5.90. The van der Waals surface area contributed by atoms with E-state index in [1.165, 1.54) is 0 Å². The molecule has 3 nitrogen and oxygen atoms in total. The van der Waals surface area contributed by atoms with Gasteiger partial charge in [-0.05, 0) is 38.8 Å². The van der Waals surface area contributed by atoms with E-state index in [0.717, 1.165) is 0 Å². The highest BCUT2D eigenvalue weighted by atomic mass is 35.5. The molecule has 0 atom stereocenters. The van der Waals surface area contributed by atoms with Crippen LogP contribution in [-0.2, 0) is 14.3 Å². The summed E-state index contributed by atoms with van der Waals surface area (Å²) >= 11 is 5.17. The Labute approximate surface area is 83.4 Å². The lowest BCUT2D eigenvalue weighted by molar-refractivity contribution is -0.153. The summed E-state index contributed by atoms with van der Waals surface area (Å²) in [5, 5.41) is -0.419. The molecule has 0 spiro atoms. The third-order valence-corrected chi connectivity index (χ3v) is 1.96. The fourth-order valence-electron chi connectivity index (χ4n) is 0.839. The van der Waals surface area contributed by atoms with Crippen molar-refractivity contribution >= 4 is 22.8 Å². The van der Waals surface area contributed by atoms with Crippen LogP contribution in [0.3, 0.4) is 0 Å². The number of hydrogen-bond acceptors (Lipinski definition) is 3. The molecule has 0 aliphatic rings. The second-order valence-electron chi connectivity index (χ2n) is 3.46. The van der Waals surface area contributed by atoms with Gasteiger partial charge in [-0.2, -0.15) is 0 Å². The minimum absolute atomic E-state index is 0.202. The Hall–Kier alpha value is -0.570. The summed E-state index contributed by atoms with van der Waals surface area (Å²) < 4.78 is 4.85. The van der Waals surface area contributed by atoms with E-state index < -0.39 is 10.7 Å². The third-order valence-electron chi connectivity index (χ3n) is 1.77. The molecule has 0 aliphatic heterocycles. The average Bonchev–Trinajstić information content (AvgIpc) is 2.01. The zero-order valence-electron chi connectivity index (χ0n) is 8.22. The molecule has 0 saturated heterocycles. The van der Waals surface area contributed by atoms with Gasteiger partial charge < -0.3 is 4.74 Å². The Kier molecular flexibility index (Phi) is 4.99. The van der Waals surface area contributed by atoms with Crippen LogP contribution in [0.5, 0.6) is 0 Å². The predicted octanol–water partition coefficient (Wildman–Crippen LogP) is 2.12. The van der Waals surface area contributed by atoms with E-state index in [9.17, 15) is 9.59 Å². The van der Waals surface area contributed by atoms with Crippen LogP contribution in [0.1, 0.15) is 33.6 Å². The molecule has 0 amide bonds. The average molecular weight is 207 g/mol. The number of carbonyl (C=O) groups is 2. The van der Waals surface area contributed by atoms with Gasteiger partial charge in [0.25, 0.3) is 0 Å². The molecular formula is C9H15ClO3. The molecule has 0 rings (SSSR count). The highest BCUT2D eigenvalue weighted by Crippen LogP contribution is 2.24. The predicted molar refractivity (Wildman–Crippen MR) is 50.5 cm³/mol. The van der Waals surface area contributed by atoms with Gasteiger partial charge in [0.15, 0.2) is 0 Å². The summed E-state index contributed by atoms with van der Waals surface area (Å²) in [6.07, 6.45) is 0.627. The van der Waals surface area contributed by atoms with E-state index in [0.29, 0.717) is 13.0 Å². The smallest absolute Gasteiger partial charge is 0.311 e. The summed E-state index contributed by atoms with van der Waals surface area (Å²) in [7, 11) is 0. The Balaban J connectivity index is 4.05. The van der Waals surface area contributed by atoms with Crippen LogP contribution < -0.4 is 0 Å². The molecule has 0 aromatic heterocycles. The molecule has 0 bridgehead atoms. The normalized spacial score (nSPS) is 11.1. The second kappa shape index (κ2) is 5.22. The summed E-state index contributed by atoms with van der Waals surface area (Å²) in [6.45, 7) is 5.59. The number of carbonyl (C=O) groups excluding carboxylic acids is 2. The maximum atomic E-state index is 11.3. The molecule has 0 aromatic carbocycles. The van der Waals surface area contributed by atoms with Crippen molar-refractivity contribution in [3.05, 3.63) is 0 Å². The van der Waals surface area contributed by atoms with Crippen LogP contribution in [0.15, 0.2) is 0 Å². The van der Waals surface area contributed by atoms with E-state index in [4.69, 9.17) is 16.3 Å². The van der Waals surface area contributed by atoms with E-state index in [2.05, 4.69) is 0 Å². The summed E-state index contributed by atoms with van der Waals surface area (Å²) in [6, 6.07) is 0. The highest BCUT2D eigenvalue weighted by molar-refractivity contribution is 6.63. The lowest BCUT2D eigenvalue weighted by Gasteiger charge is -2.20. The minimum atomic E-state index is -0.624. The summed E-state index contributed by atoms with van der Waals surface area (Å²) in [5.74, 6) is -0.284. The maximum absolute atomic E-state index is 11.3. The number of ether oxygens (including phenoxy) is 1. The van der Waals surface area contributed by atoms with Gasteiger partial charge >= 0.3 is 5.97 Å². The monoisotopic (exact) mass is 206 g/mol. The van der Waals surface area contributed by atoms with Crippen LogP contribution in [0.2, 0.25) is 0 Å². The molecule has 0 heterocycles. The largest absolute Gasteiger partial charge is 0.466 e. The van der Waals surface area contributed by atoms with Crippen molar-refractivity contribution in [2.24, 2.45) is 5.41 Å². The zero-order chi connectivity index (χ0) is 10.5. The van der Waals surface area contributed by atoms with Crippen molar-refractivity contribution < 1.29 is 14.3 Å². The Morgan fingerprint density at radius 2 is 1.92 bits per heavy atom. The number of hydrogen-bond donors (Lipinski definition) is 0. The third kappa shape index (κ3) is 4.88. The molecule has 0 aliphatic carbocycles. The lowest BCUT2D eigenvalue weighted by Crippen LogP contribution is -2.27. The molecule has 0 aromatic rings. The van der Waals surface area contributed by atoms with Gasteiger partial charge in [-0.1, -0.05) is 0 Å². The maximum Gasteiger partial charge on any atom is 0.311 e. The molecule has 0 N–H and O–H groups in total. The van der Waals surface area contributed by atoms with E-state index in [-0.39, 0.29) is 12.4 Å². The van der Waals surface area contributed by atoms with Crippen LogP contribution in [-0.4, -0.2) is 17.8 Å². The van der Waals surface area contributed by atoms with Crippen molar-refractivity contribution in [1.29, 1.82) is 0 Å². The first-order valence-corrected chi connectivity index (χ1v) is 4.63. The van der Waals surface area contributed by atoms with Crippen molar-refractivity contribution in [1.82, 2.24) is 0 Å². The van der Waals surface area contributed by atoms with Crippen LogP contribution >= 0.6 is 11.6 Å². The number of halogens is 1. The number of rotatable bonds is 5. The van der Waals surface area contributed by atoms with Gasteiger partial charge in [0.1, 0.15) is 0 Å². The Bertz CT molecular complexity index is 199. The highest BCUT2D eigenvalue weighted by Gasteiger charge is 2.29. The van der Waals surface area contributed by atoms with E-state index in [1.54, 1.807) is 20.8 Å². The SMILES string of the molecule is CCOC(=O)C(C)(C)CCC(=O)Cl. The molecule has 4 heteroatoms. The first-order valence-electron chi connectivity index (χ1n) is 4.25. The molecule has 0 unspecified atom stereocenters. The van der Waals surface area contributed by atoms with Crippen molar-refractivity contribution in [3.63, 3.8) is 0 Å². The zero-order valence-corrected chi connectivity index (χ0v) is 8.98. The van der Waals surface area contributed by atoms with Crippen LogP contribution in [0.4, 0.5) is 0 Å². The number of esters is 1. The topological polar surface area (TPSA) is 43.4 Å². The summed E-state index contributed by atoms with van der Waals surface area (Å²) in [4.78, 5) is 21.8. The molecule has 0 radical (unpaired) electrons. The molecule has 0 fully saturated rings. The molecule has 76 valence electrons. The molecular weight excluding hydrogens is 192 g/mol. The van der Waals surface area contributed by atoms with Gasteiger partial charge in [-0.3, -0.25) is 9.59 Å². The van der Waals surface area contributed by atoms with Gasteiger partial charge in [0.2, 0.25) is 5.24 Å². The van der Waals surface area contributed by atoms with Crippen LogP contribution in [0.25, 0.3) is 0 Å². The van der Waals surface area contributed by atoms with Gasteiger partial charge in [0, 0.05) is 6.42 Å². The van der Waals surface area contributed by atoms with E-state index >= 15 is 0 Å². The van der Waals surface area contributed by atoms with Crippen LogP contribution in [0, 0.1) is 5.41 Å². The Morgan fingerprint density at radius 1 is 1.38 bits per heavy atom. The molecule has 0 saturated carbocycles. The fraction of sp³-hybridized carbons (Fsp3) is 0.778. The first kappa shape index (κ1) is 12.4. The lowest BCUT2D eigenvalue weighted by atomic mass is 9.88. The van der Waals surface area contributed by atoms with Crippen molar-refractivity contribution in [3.8, 4) is 0 Å². The summed E-state index contributed by atoms with van der Waals surface area (Å²) in [5.41, 5.74) is -0.624. The molecule has 13 heavy (non-hydrogen) atoms. The fourth-order valence-corrected chi connectivity index (χ4v) is 0.934. The van der Waals surface area contributed by atoms with Gasteiger partial charge in [-0.25, -0.2) is 0 Å². The van der Waals surface area contributed by atoms with Gasteiger partial charge in [0.05, 0.1) is 12.0 Å². The van der Waals surface area contributed by atoms with Crippen molar-refractivity contribution in [2.75, 3.05) is 6.61 Å². The Morgan fingerprint density at radius 3 is 2.31 bits per heavy atom. The van der Waals surface area contributed by atoms with Crippen molar-refractivity contribution in [2.45, 2.75) is 33.6 Å². The van der Waals surface area contributed by atoms with E-state index in [1.807, 2.05) is 0 Å².